The standard InChI is InChI=1S/C17H20F2N4OS/c1-16(10-6-9(20)7-11(18)13(10)19)12-8-17(12,25-15(21)22-16)14(24)23-4-2-3-5-23/h6-7,12H,2-5,8,20H2,1H3,(H2,21,22)/t12-,16+,17+/m0/s1. The molecule has 25 heavy (non-hydrogen) atoms. The van der Waals surface area contributed by atoms with E-state index in [0.717, 1.165) is 32.0 Å². The molecule has 8 heteroatoms. The van der Waals surface area contributed by atoms with Crippen LogP contribution in [0.1, 0.15) is 31.7 Å². The smallest absolute Gasteiger partial charge is 0.239 e. The summed E-state index contributed by atoms with van der Waals surface area (Å²) in [4.78, 5) is 19.3. The largest absolute Gasteiger partial charge is 0.399 e. The number of amidine groups is 1. The van der Waals surface area contributed by atoms with Crippen molar-refractivity contribution in [1.29, 1.82) is 0 Å². The maximum atomic E-state index is 14.5. The maximum Gasteiger partial charge on any atom is 0.239 e. The molecular formula is C17H20F2N4OS. The molecule has 1 saturated heterocycles. The number of carbonyl (C=O) groups is 1. The van der Waals surface area contributed by atoms with Crippen LogP contribution in [0.25, 0.3) is 0 Å². The Kier molecular flexibility index (Phi) is 3.55. The van der Waals surface area contributed by atoms with Crippen LogP contribution in [-0.2, 0) is 10.3 Å². The number of carbonyl (C=O) groups excluding carboxylic acids is 1. The lowest BCUT2D eigenvalue weighted by molar-refractivity contribution is -0.130. The van der Waals surface area contributed by atoms with Crippen LogP contribution < -0.4 is 11.5 Å². The molecule has 3 aliphatic rings. The van der Waals surface area contributed by atoms with Gasteiger partial charge in [0, 0.05) is 30.3 Å². The molecule has 1 amide bonds. The number of halogens is 2. The van der Waals surface area contributed by atoms with Crippen molar-refractivity contribution < 1.29 is 13.6 Å². The monoisotopic (exact) mass is 366 g/mol. The molecule has 1 saturated carbocycles. The highest BCUT2D eigenvalue weighted by atomic mass is 32.2. The van der Waals surface area contributed by atoms with Crippen molar-refractivity contribution in [3.63, 3.8) is 0 Å². The average molecular weight is 366 g/mol. The first kappa shape index (κ1) is 16.6. The number of anilines is 1. The fourth-order valence-corrected chi connectivity index (χ4v) is 5.67. The molecule has 4 rings (SSSR count). The van der Waals surface area contributed by atoms with Crippen LogP contribution in [0.15, 0.2) is 17.1 Å². The minimum Gasteiger partial charge on any atom is -0.399 e. The SMILES string of the molecule is C[C@]1(c2cc(N)cc(F)c2F)N=C(N)S[C@]2(C(=O)N3CCCC3)C[C@H]21. The van der Waals surface area contributed by atoms with Crippen LogP contribution in [0.2, 0.25) is 0 Å². The zero-order valence-corrected chi connectivity index (χ0v) is 14.7. The summed E-state index contributed by atoms with van der Waals surface area (Å²) in [6, 6.07) is 2.34. The third-order valence-electron chi connectivity index (χ3n) is 5.57. The lowest BCUT2D eigenvalue weighted by Gasteiger charge is -2.35. The molecule has 2 fully saturated rings. The second-order valence-electron chi connectivity index (χ2n) is 7.21. The lowest BCUT2D eigenvalue weighted by Crippen LogP contribution is -2.45. The van der Waals surface area contributed by atoms with Crippen molar-refractivity contribution in [2.75, 3.05) is 18.8 Å². The summed E-state index contributed by atoms with van der Waals surface area (Å²) >= 11 is 1.26. The molecule has 1 aromatic rings. The van der Waals surface area contributed by atoms with E-state index in [2.05, 4.69) is 4.99 Å². The number of benzene rings is 1. The van der Waals surface area contributed by atoms with Gasteiger partial charge in [-0.2, -0.15) is 0 Å². The number of likely N-dealkylation sites (tertiary alicyclic amines) is 1. The number of nitrogens with zero attached hydrogens (tertiary/aromatic N) is 2. The second-order valence-corrected chi connectivity index (χ2v) is 8.56. The van der Waals surface area contributed by atoms with E-state index in [1.807, 2.05) is 4.90 Å². The Hall–Kier alpha value is -1.83. The number of aliphatic imine (C=N–C) groups is 1. The molecule has 1 aliphatic carbocycles. The predicted molar refractivity (Wildman–Crippen MR) is 94.0 cm³/mol. The predicted octanol–water partition coefficient (Wildman–Crippen LogP) is 2.20. The fraction of sp³-hybridized carbons (Fsp3) is 0.529. The molecular weight excluding hydrogens is 346 g/mol. The van der Waals surface area contributed by atoms with Crippen LogP contribution >= 0.6 is 11.8 Å². The van der Waals surface area contributed by atoms with E-state index in [-0.39, 0.29) is 28.2 Å². The zero-order chi connectivity index (χ0) is 18.0. The van der Waals surface area contributed by atoms with Crippen LogP contribution in [-0.4, -0.2) is 33.8 Å². The number of thioether (sulfide) groups is 1. The van der Waals surface area contributed by atoms with Gasteiger partial charge in [0.1, 0.15) is 4.75 Å². The van der Waals surface area contributed by atoms with Crippen molar-refractivity contribution >= 4 is 28.5 Å². The molecule has 0 aromatic heterocycles. The summed E-state index contributed by atoms with van der Waals surface area (Å²) in [6.45, 7) is 3.19. The molecule has 2 aliphatic heterocycles. The number of rotatable bonds is 2. The Morgan fingerprint density at radius 3 is 2.68 bits per heavy atom. The van der Waals surface area contributed by atoms with Crippen LogP contribution in [0, 0.1) is 17.6 Å². The molecule has 3 atom stereocenters. The van der Waals surface area contributed by atoms with Gasteiger partial charge in [-0.15, -0.1) is 0 Å². The zero-order valence-electron chi connectivity index (χ0n) is 13.9. The van der Waals surface area contributed by atoms with E-state index < -0.39 is 21.9 Å². The molecule has 5 nitrogen and oxygen atoms in total. The summed E-state index contributed by atoms with van der Waals surface area (Å²) in [6.07, 6.45) is 2.53. The van der Waals surface area contributed by atoms with Gasteiger partial charge in [-0.25, -0.2) is 8.78 Å². The molecule has 134 valence electrons. The van der Waals surface area contributed by atoms with Gasteiger partial charge in [-0.3, -0.25) is 9.79 Å². The highest BCUT2D eigenvalue weighted by molar-refractivity contribution is 8.15. The highest BCUT2D eigenvalue weighted by Gasteiger charge is 2.71. The number of fused-ring (bicyclic) bond motifs is 1. The van der Waals surface area contributed by atoms with Crippen molar-refractivity contribution in [2.45, 2.75) is 36.5 Å². The third-order valence-corrected chi connectivity index (χ3v) is 6.86. The maximum absolute atomic E-state index is 14.5. The average Bonchev–Trinajstić information content (AvgIpc) is 3.05. The minimum atomic E-state index is -1.11. The van der Waals surface area contributed by atoms with E-state index in [1.54, 1.807) is 6.92 Å². The van der Waals surface area contributed by atoms with Gasteiger partial charge in [0.05, 0.1) is 5.54 Å². The topological polar surface area (TPSA) is 84.7 Å². The van der Waals surface area contributed by atoms with Gasteiger partial charge < -0.3 is 16.4 Å². The highest BCUT2D eigenvalue weighted by Crippen LogP contribution is 2.66. The quantitative estimate of drug-likeness (QED) is 0.786. The van der Waals surface area contributed by atoms with Gasteiger partial charge in [-0.1, -0.05) is 11.8 Å². The van der Waals surface area contributed by atoms with Crippen molar-refractivity contribution in [3.05, 3.63) is 29.3 Å². The fourth-order valence-electron chi connectivity index (χ4n) is 4.22. The molecule has 0 radical (unpaired) electrons. The van der Waals surface area contributed by atoms with Gasteiger partial charge in [0.25, 0.3) is 0 Å². The lowest BCUT2D eigenvalue weighted by atomic mass is 9.85. The van der Waals surface area contributed by atoms with E-state index >= 15 is 0 Å². The van der Waals surface area contributed by atoms with Gasteiger partial charge >= 0.3 is 0 Å². The third kappa shape index (κ3) is 2.33. The van der Waals surface area contributed by atoms with Crippen molar-refractivity contribution in [1.82, 2.24) is 4.90 Å². The first-order valence-electron chi connectivity index (χ1n) is 8.36. The Bertz CT molecular complexity index is 795. The van der Waals surface area contributed by atoms with E-state index in [4.69, 9.17) is 11.5 Å². The number of hydrogen-bond acceptors (Lipinski definition) is 5. The normalized spacial score (nSPS) is 33.8. The van der Waals surface area contributed by atoms with E-state index in [0.29, 0.717) is 6.42 Å². The van der Waals surface area contributed by atoms with Crippen LogP contribution in [0.4, 0.5) is 14.5 Å². The molecule has 0 spiro atoms. The Balaban J connectivity index is 1.77. The van der Waals surface area contributed by atoms with Crippen LogP contribution in [0.3, 0.4) is 0 Å². The van der Waals surface area contributed by atoms with Crippen molar-refractivity contribution in [3.8, 4) is 0 Å². The summed E-state index contributed by atoms with van der Waals surface area (Å²) in [5.74, 6) is -2.19. The summed E-state index contributed by atoms with van der Waals surface area (Å²) in [5.41, 5.74) is 10.8. The van der Waals surface area contributed by atoms with Gasteiger partial charge in [0.15, 0.2) is 16.8 Å². The van der Waals surface area contributed by atoms with E-state index in [1.165, 1.54) is 17.8 Å². The summed E-state index contributed by atoms with van der Waals surface area (Å²) < 4.78 is 27.7. The van der Waals surface area contributed by atoms with E-state index in [9.17, 15) is 13.6 Å². The number of hydrogen-bond donors (Lipinski definition) is 2. The van der Waals surface area contributed by atoms with Gasteiger partial charge in [0.2, 0.25) is 5.91 Å². The Morgan fingerprint density at radius 1 is 1.32 bits per heavy atom. The Labute approximate surface area is 148 Å². The van der Waals surface area contributed by atoms with Gasteiger partial charge in [-0.05, 0) is 38.3 Å². The molecule has 0 bridgehead atoms. The number of nitrogen functional groups attached to an aromatic ring is 1. The first-order chi connectivity index (χ1) is 11.8. The molecule has 2 heterocycles. The summed E-state index contributed by atoms with van der Waals surface area (Å²) in [7, 11) is 0. The molecule has 4 N–H and O–H groups in total. The molecule has 1 aromatic carbocycles. The number of nitrogens with two attached hydrogens (primary N) is 2. The van der Waals surface area contributed by atoms with Crippen LogP contribution in [0.5, 0.6) is 0 Å². The number of amides is 1. The first-order valence-corrected chi connectivity index (χ1v) is 9.18. The minimum absolute atomic E-state index is 0.0360. The summed E-state index contributed by atoms with van der Waals surface area (Å²) in [5, 5.41) is 0.228. The second kappa shape index (κ2) is 5.33. The van der Waals surface area contributed by atoms with Crippen molar-refractivity contribution in [2.24, 2.45) is 16.6 Å². The Morgan fingerprint density at radius 2 is 2.00 bits per heavy atom. The molecule has 0 unspecified atom stereocenters.